The molecular formula is C39H51IN6O7S. The van der Waals surface area contributed by atoms with Gasteiger partial charge >= 0.3 is 5.69 Å². The highest BCUT2D eigenvalue weighted by atomic mass is 127. The normalized spacial score (nSPS) is 13.5. The van der Waals surface area contributed by atoms with Crippen molar-refractivity contribution in [2.75, 3.05) is 23.3 Å². The Kier molecular flexibility index (Phi) is 15.2. The minimum Gasteiger partial charge on any atom is -0.748 e. The number of fused-ring (bicyclic) bond motifs is 3. The van der Waals surface area contributed by atoms with Crippen molar-refractivity contribution in [1.82, 2.24) is 18.9 Å². The third-order valence-electron chi connectivity index (χ3n) is 9.57. The van der Waals surface area contributed by atoms with Crippen LogP contribution in [0.5, 0.6) is 5.88 Å². The van der Waals surface area contributed by atoms with Gasteiger partial charge in [-0.15, -0.1) is 0 Å². The Morgan fingerprint density at radius 1 is 1.11 bits per heavy atom. The number of amides is 1. The van der Waals surface area contributed by atoms with Crippen molar-refractivity contribution in [3.63, 3.8) is 0 Å². The van der Waals surface area contributed by atoms with Gasteiger partial charge in [0.1, 0.15) is 5.56 Å². The molecule has 0 radical (unpaired) electrons. The molecular weight excluding hydrogens is 823 g/mol. The maximum absolute atomic E-state index is 12.6. The Bertz CT molecular complexity index is 2190. The van der Waals surface area contributed by atoms with E-state index < -0.39 is 38.4 Å². The number of nitrogens with zero attached hydrogens (tertiary/aromatic N) is 6. The van der Waals surface area contributed by atoms with Crippen LogP contribution in [0.3, 0.4) is 0 Å². The summed E-state index contributed by atoms with van der Waals surface area (Å²) in [6, 6.07) is 13.2. The van der Waals surface area contributed by atoms with Crippen molar-refractivity contribution in [1.29, 1.82) is 5.26 Å². The van der Waals surface area contributed by atoms with Crippen LogP contribution in [-0.2, 0) is 41.0 Å². The second-order valence-corrected chi connectivity index (χ2v) is 16.5. The molecule has 0 atom stereocenters. The fourth-order valence-corrected chi connectivity index (χ4v) is 7.65. The summed E-state index contributed by atoms with van der Waals surface area (Å²) >= 11 is 1.96. The standard InChI is InChI=1S/C31H32IN5O7S.C8H19N/c1-31(2)24-15-20(19-36(27(38)17-32)12-6-14-45(42,43)44)9-10-25(24)37-13-11-21(16-26(31)37)22(18-33)7-5-8-23-28(39)34(3)30(41)35(4)29(23)40;1-6-9(7(2)3)8(4)5/h5,7-11,13,15-16H,6,12,14,17,19H2,1-4H3,(H,42,43,44);7-8H,6H2,1-5H3. The lowest BCUT2D eigenvalue weighted by molar-refractivity contribution is -0.599. The number of carbonyl (C=O) groups is 1. The summed E-state index contributed by atoms with van der Waals surface area (Å²) < 4.78 is 37.3. The molecule has 2 aromatic heterocycles. The van der Waals surface area contributed by atoms with E-state index in [1.54, 1.807) is 11.0 Å². The first-order valence-corrected chi connectivity index (χ1v) is 20.8. The summed E-state index contributed by atoms with van der Waals surface area (Å²) in [7, 11) is -1.71. The molecule has 4 rings (SSSR count). The summed E-state index contributed by atoms with van der Waals surface area (Å²) in [6.07, 6.45) is 6.28. The first kappa shape index (κ1) is 44.3. The van der Waals surface area contributed by atoms with Gasteiger partial charge in [-0.2, -0.15) is 9.83 Å². The summed E-state index contributed by atoms with van der Waals surface area (Å²) in [4.78, 5) is 41.1. The van der Waals surface area contributed by atoms with Gasteiger partial charge in [-0.05, 0) is 78.3 Å². The molecule has 0 spiro atoms. The van der Waals surface area contributed by atoms with Gasteiger partial charge in [0.2, 0.25) is 17.5 Å². The minimum absolute atomic E-state index is 0.0570. The van der Waals surface area contributed by atoms with E-state index >= 15 is 0 Å². The molecule has 0 fully saturated rings. The monoisotopic (exact) mass is 874 g/mol. The van der Waals surface area contributed by atoms with Crippen molar-refractivity contribution in [2.45, 2.75) is 78.9 Å². The number of benzene rings is 1. The SMILES string of the molecule is CCN(C(C)C)C(C)C.Cn1c(O)c(/C=C/C=C(\C#N)c2cc[n+]3c(c2)C(C)(C)c2cc(CN(CCCS(=O)(=O)[O-])C(=O)CI)ccc2-3)c(=O)n(C)c1=O. The molecule has 3 aromatic rings. The van der Waals surface area contributed by atoms with Gasteiger partial charge in [-0.25, -0.2) is 13.2 Å². The summed E-state index contributed by atoms with van der Waals surface area (Å²) in [5.41, 5.74) is 2.78. The van der Waals surface area contributed by atoms with Gasteiger partial charge in [0.05, 0.1) is 31.6 Å². The van der Waals surface area contributed by atoms with E-state index in [2.05, 4.69) is 59.4 Å². The van der Waals surface area contributed by atoms with Crippen molar-refractivity contribution in [2.24, 2.45) is 14.1 Å². The van der Waals surface area contributed by atoms with Crippen LogP contribution >= 0.6 is 22.6 Å². The summed E-state index contributed by atoms with van der Waals surface area (Å²) in [5.74, 6) is -1.17. The zero-order valence-electron chi connectivity index (χ0n) is 32.5. The molecule has 0 aliphatic carbocycles. The third-order valence-corrected chi connectivity index (χ3v) is 11.0. The van der Waals surface area contributed by atoms with Crippen LogP contribution in [0, 0.1) is 11.3 Å². The second kappa shape index (κ2) is 18.5. The van der Waals surface area contributed by atoms with Crippen LogP contribution in [0.1, 0.15) is 82.8 Å². The number of halogens is 1. The van der Waals surface area contributed by atoms with Crippen LogP contribution in [0.4, 0.5) is 0 Å². The molecule has 0 bridgehead atoms. The summed E-state index contributed by atoms with van der Waals surface area (Å²) in [5, 5.41) is 20.3. The number of carbonyl (C=O) groups excluding carboxylic acids is 1. The second-order valence-electron chi connectivity index (χ2n) is 14.2. The van der Waals surface area contributed by atoms with E-state index in [9.17, 15) is 37.7 Å². The molecule has 0 saturated carbocycles. The van der Waals surface area contributed by atoms with Gasteiger partial charge < -0.3 is 14.6 Å². The van der Waals surface area contributed by atoms with Gasteiger partial charge in [0, 0.05) is 74.3 Å². The average molecular weight is 875 g/mol. The van der Waals surface area contributed by atoms with Gasteiger partial charge in [-0.1, -0.05) is 41.7 Å². The Labute approximate surface area is 331 Å². The maximum Gasteiger partial charge on any atom is 0.333 e. The number of pyridine rings is 1. The Morgan fingerprint density at radius 3 is 2.30 bits per heavy atom. The number of allylic oxidation sites excluding steroid dienone is 3. The molecule has 13 nitrogen and oxygen atoms in total. The Hall–Kier alpha value is -4.11. The maximum atomic E-state index is 12.6. The van der Waals surface area contributed by atoms with Gasteiger partial charge in [0.15, 0.2) is 11.9 Å². The predicted octanol–water partition coefficient (Wildman–Crippen LogP) is 4.15. The van der Waals surface area contributed by atoms with Gasteiger partial charge in [-0.3, -0.25) is 23.6 Å². The van der Waals surface area contributed by atoms with E-state index in [-0.39, 0.29) is 35.4 Å². The van der Waals surface area contributed by atoms with Crippen LogP contribution < -0.4 is 15.8 Å². The molecule has 0 saturated heterocycles. The molecule has 3 heterocycles. The molecule has 0 unspecified atom stereocenters. The van der Waals surface area contributed by atoms with Crippen LogP contribution in [0.2, 0.25) is 0 Å². The largest absolute Gasteiger partial charge is 0.748 e. The zero-order valence-corrected chi connectivity index (χ0v) is 35.4. The van der Waals surface area contributed by atoms with Crippen molar-refractivity contribution < 1.29 is 27.4 Å². The number of alkyl halides is 1. The van der Waals surface area contributed by atoms with Crippen molar-refractivity contribution in [3.05, 3.63) is 97.5 Å². The smallest absolute Gasteiger partial charge is 0.333 e. The molecule has 292 valence electrons. The predicted molar refractivity (Wildman–Crippen MR) is 217 cm³/mol. The molecule has 1 amide bonds. The first-order chi connectivity index (χ1) is 25.2. The fourth-order valence-electron chi connectivity index (χ4n) is 6.69. The molecule has 1 aliphatic heterocycles. The number of aromatic hydroxyl groups is 1. The Morgan fingerprint density at radius 2 is 1.76 bits per heavy atom. The number of rotatable bonds is 13. The van der Waals surface area contributed by atoms with Crippen molar-refractivity contribution in [3.8, 4) is 17.6 Å². The fraction of sp³-hybridized carbons (Fsp3) is 0.462. The van der Waals surface area contributed by atoms with E-state index in [4.69, 9.17) is 0 Å². The highest BCUT2D eigenvalue weighted by Crippen LogP contribution is 2.39. The molecule has 1 aliphatic rings. The zero-order chi connectivity index (χ0) is 40.7. The van der Waals surface area contributed by atoms with E-state index in [0.717, 1.165) is 38.2 Å². The summed E-state index contributed by atoms with van der Waals surface area (Å²) in [6.45, 7) is 16.8. The highest BCUT2D eigenvalue weighted by Gasteiger charge is 2.44. The Balaban J connectivity index is 0.000000772. The molecule has 15 heteroatoms. The van der Waals surface area contributed by atoms with Gasteiger partial charge in [0.25, 0.3) is 5.56 Å². The minimum atomic E-state index is -4.37. The highest BCUT2D eigenvalue weighted by molar-refractivity contribution is 14.1. The lowest BCUT2D eigenvalue weighted by Crippen LogP contribution is -2.37. The lowest BCUT2D eigenvalue weighted by atomic mass is 9.82. The van der Waals surface area contributed by atoms with E-state index in [0.29, 0.717) is 23.2 Å². The van der Waals surface area contributed by atoms with E-state index in [1.165, 1.54) is 32.3 Å². The molecule has 54 heavy (non-hydrogen) atoms. The van der Waals surface area contributed by atoms with Crippen LogP contribution in [0.15, 0.2) is 58.3 Å². The van der Waals surface area contributed by atoms with E-state index in [1.807, 2.05) is 57.6 Å². The van der Waals surface area contributed by atoms with Crippen LogP contribution in [-0.4, -0.2) is 78.3 Å². The number of hydrogen-bond donors (Lipinski definition) is 1. The number of hydrogen-bond acceptors (Lipinski definition) is 9. The molecule has 1 aromatic carbocycles. The third kappa shape index (κ3) is 10.3. The number of nitriles is 1. The molecule has 1 N–H and O–H groups in total. The topological polar surface area (TPSA) is 173 Å². The quantitative estimate of drug-likeness (QED) is 0.0662. The van der Waals surface area contributed by atoms with Crippen LogP contribution in [0.25, 0.3) is 17.3 Å². The van der Waals surface area contributed by atoms with Crippen molar-refractivity contribution >= 4 is 50.3 Å². The number of aromatic nitrogens is 3. The average Bonchev–Trinajstić information content (AvgIpc) is 3.33. The first-order valence-electron chi connectivity index (χ1n) is 17.7. The lowest BCUT2D eigenvalue weighted by Gasteiger charge is -2.28.